The van der Waals surface area contributed by atoms with Crippen molar-refractivity contribution in [3.63, 3.8) is 0 Å². The Labute approximate surface area is 254 Å². The van der Waals surface area contributed by atoms with E-state index in [1.165, 1.54) is 0 Å². The van der Waals surface area contributed by atoms with Crippen molar-refractivity contribution in [3.8, 4) is 29.0 Å². The normalized spacial score (nSPS) is 24.5. The Bertz CT molecular complexity index is 1800. The van der Waals surface area contributed by atoms with Gasteiger partial charge in [0.05, 0.1) is 28.6 Å². The largest absolute Gasteiger partial charge is 0.508 e. The zero-order valence-corrected chi connectivity index (χ0v) is 24.4. The van der Waals surface area contributed by atoms with Crippen LogP contribution in [-0.4, -0.2) is 70.4 Å². The third-order valence-corrected chi connectivity index (χ3v) is 10.4. The fraction of sp³-hybridized carbons (Fsp3) is 0.424. The lowest BCUT2D eigenvalue weighted by Gasteiger charge is -2.37. The van der Waals surface area contributed by atoms with Crippen molar-refractivity contribution in [2.75, 3.05) is 37.7 Å². The van der Waals surface area contributed by atoms with Crippen LogP contribution in [0.2, 0.25) is 5.02 Å². The molecular weight excluding hydrogens is 567 g/mol. The molecule has 4 fully saturated rings. The fourth-order valence-electron chi connectivity index (χ4n) is 8.15. The zero-order chi connectivity index (χ0) is 29.3. The van der Waals surface area contributed by atoms with Crippen LogP contribution in [0, 0.1) is 23.1 Å². The Hall–Kier alpha value is -3.71. The lowest BCUT2D eigenvalue weighted by atomic mass is 9.95. The van der Waals surface area contributed by atoms with Crippen LogP contribution in [0.1, 0.15) is 32.1 Å². The van der Waals surface area contributed by atoms with Crippen LogP contribution in [0.25, 0.3) is 32.8 Å². The molecule has 3 atom stereocenters. The van der Waals surface area contributed by atoms with E-state index >= 15 is 4.39 Å². The Morgan fingerprint density at radius 1 is 1.12 bits per heavy atom. The van der Waals surface area contributed by atoms with E-state index in [1.54, 1.807) is 18.2 Å². The van der Waals surface area contributed by atoms with Crippen molar-refractivity contribution in [1.82, 2.24) is 20.2 Å². The number of fused-ring (bicyclic) bond motifs is 5. The van der Waals surface area contributed by atoms with E-state index in [-0.39, 0.29) is 51.4 Å². The molecule has 0 aliphatic carbocycles. The number of halogens is 2. The molecule has 3 unspecified atom stereocenters. The molecule has 1 aromatic heterocycles. The van der Waals surface area contributed by atoms with Gasteiger partial charge in [0.1, 0.15) is 23.7 Å². The summed E-state index contributed by atoms with van der Waals surface area (Å²) < 4.78 is 23.3. The number of piperazine rings is 1. The molecule has 3 aromatic carbocycles. The van der Waals surface area contributed by atoms with Gasteiger partial charge in [0.25, 0.3) is 0 Å². The summed E-state index contributed by atoms with van der Waals surface area (Å²) in [6.45, 7) is 3.94. The summed E-state index contributed by atoms with van der Waals surface area (Å²) in [4.78, 5) is 14.3. The van der Waals surface area contributed by atoms with Gasteiger partial charge < -0.3 is 20.1 Å². The molecule has 10 heteroatoms. The van der Waals surface area contributed by atoms with Gasteiger partial charge in [0.2, 0.25) is 0 Å². The highest BCUT2D eigenvalue weighted by Gasteiger charge is 2.47. The highest BCUT2D eigenvalue weighted by molar-refractivity contribution is 6.35. The van der Waals surface area contributed by atoms with E-state index in [9.17, 15) is 10.4 Å². The molecule has 220 valence electrons. The predicted molar refractivity (Wildman–Crippen MR) is 164 cm³/mol. The maximum absolute atomic E-state index is 16.9. The minimum Gasteiger partial charge on any atom is -0.508 e. The fourth-order valence-corrected chi connectivity index (χ4v) is 8.44. The highest BCUT2D eigenvalue weighted by atomic mass is 35.5. The van der Waals surface area contributed by atoms with Gasteiger partial charge in [0, 0.05) is 30.1 Å². The molecule has 4 aliphatic rings. The Kier molecular flexibility index (Phi) is 6.37. The summed E-state index contributed by atoms with van der Waals surface area (Å²) in [5.74, 6) is -0.187. The average molecular weight is 599 g/mol. The van der Waals surface area contributed by atoms with Crippen LogP contribution in [0.3, 0.4) is 0 Å². The number of hydrogen-bond acceptors (Lipinski definition) is 8. The molecule has 0 saturated carbocycles. The maximum atomic E-state index is 16.9. The first kappa shape index (κ1) is 26.9. The van der Waals surface area contributed by atoms with Gasteiger partial charge in [-0.2, -0.15) is 15.2 Å². The first-order valence-corrected chi connectivity index (χ1v) is 15.5. The first-order chi connectivity index (χ1) is 21.0. The average Bonchev–Trinajstić information content (AvgIpc) is 3.64. The molecule has 0 spiro atoms. The number of nitriles is 1. The molecule has 4 saturated heterocycles. The van der Waals surface area contributed by atoms with Gasteiger partial charge in [-0.3, -0.25) is 4.90 Å². The summed E-state index contributed by atoms with van der Waals surface area (Å²) in [6.07, 6.45) is 5.12. The second-order valence-corrected chi connectivity index (χ2v) is 12.9. The number of phenols is 1. The molecule has 4 aliphatic heterocycles. The van der Waals surface area contributed by atoms with Gasteiger partial charge in [-0.05, 0) is 79.7 Å². The number of aromatic hydroxyl groups is 1. The molecule has 8 rings (SSSR count). The van der Waals surface area contributed by atoms with E-state index in [0.29, 0.717) is 42.9 Å². The van der Waals surface area contributed by atoms with E-state index in [4.69, 9.17) is 21.3 Å². The number of rotatable bonds is 5. The Morgan fingerprint density at radius 3 is 2.74 bits per heavy atom. The summed E-state index contributed by atoms with van der Waals surface area (Å²) in [5.41, 5.74) is 0.751. The van der Waals surface area contributed by atoms with Crippen LogP contribution in [-0.2, 0) is 0 Å². The van der Waals surface area contributed by atoms with Crippen LogP contribution in [0.5, 0.6) is 11.8 Å². The lowest BCUT2D eigenvalue weighted by molar-refractivity contribution is 0.108. The zero-order valence-electron chi connectivity index (χ0n) is 23.7. The molecule has 2 bridgehead atoms. The number of anilines is 1. The minimum atomic E-state index is -0.590. The summed E-state index contributed by atoms with van der Waals surface area (Å²) in [5, 5.41) is 26.1. The van der Waals surface area contributed by atoms with Crippen molar-refractivity contribution in [3.05, 3.63) is 53.3 Å². The van der Waals surface area contributed by atoms with Crippen molar-refractivity contribution >= 4 is 39.1 Å². The highest BCUT2D eigenvalue weighted by Crippen LogP contribution is 2.45. The maximum Gasteiger partial charge on any atom is 0.319 e. The molecular formula is C33H32ClFN6O2. The third-order valence-electron chi connectivity index (χ3n) is 10.1. The van der Waals surface area contributed by atoms with Gasteiger partial charge in [-0.25, -0.2) is 4.39 Å². The van der Waals surface area contributed by atoms with Gasteiger partial charge in [0.15, 0.2) is 5.82 Å². The van der Waals surface area contributed by atoms with Gasteiger partial charge in [-0.15, -0.1) is 0 Å². The molecule has 2 N–H and O–H groups in total. The molecule has 8 nitrogen and oxygen atoms in total. The topological polar surface area (TPSA) is 97.5 Å². The Morgan fingerprint density at radius 2 is 1.93 bits per heavy atom. The van der Waals surface area contributed by atoms with Crippen LogP contribution >= 0.6 is 11.6 Å². The van der Waals surface area contributed by atoms with E-state index in [2.05, 4.69) is 26.2 Å². The smallest absolute Gasteiger partial charge is 0.319 e. The third kappa shape index (κ3) is 4.22. The number of ether oxygens (including phenoxy) is 1. The van der Waals surface area contributed by atoms with Crippen molar-refractivity contribution in [1.29, 1.82) is 5.26 Å². The van der Waals surface area contributed by atoms with Crippen LogP contribution in [0.4, 0.5) is 10.2 Å². The number of aromatic nitrogens is 2. The Balaban J connectivity index is 1.31. The number of nitrogens with zero attached hydrogens (tertiary/aromatic N) is 5. The van der Waals surface area contributed by atoms with Gasteiger partial charge >= 0.3 is 6.01 Å². The molecule has 4 aromatic rings. The predicted octanol–water partition coefficient (Wildman–Crippen LogP) is 5.65. The molecule has 43 heavy (non-hydrogen) atoms. The van der Waals surface area contributed by atoms with Crippen LogP contribution < -0.4 is 15.0 Å². The quantitative estimate of drug-likeness (QED) is 0.304. The standard InChI is InChI=1S/C33H32ClFN6O2/c34-26-14-25-30(29(35)28(26)24-13-22(42)12-19-5-1-2-6-23(19)24)38-32(43-18-33-7-3-9-40(33)10-4-8-33)39-31(25)41-21-11-20(15-36)27(41)17-37-16-21/h1-2,5-6,12-14,20-21,27,37,42H,3-4,7-11,16-18H2. The van der Waals surface area contributed by atoms with Gasteiger partial charge in [-0.1, -0.05) is 35.9 Å². The summed E-state index contributed by atoms with van der Waals surface area (Å²) >= 11 is 6.90. The summed E-state index contributed by atoms with van der Waals surface area (Å²) in [7, 11) is 0. The minimum absolute atomic E-state index is 0.0218. The monoisotopic (exact) mass is 598 g/mol. The van der Waals surface area contributed by atoms with Crippen LogP contribution in [0.15, 0.2) is 42.5 Å². The number of nitrogens with one attached hydrogen (secondary N) is 1. The molecule has 5 heterocycles. The van der Waals surface area contributed by atoms with Crippen molar-refractivity contribution in [2.24, 2.45) is 5.92 Å². The van der Waals surface area contributed by atoms with Crippen molar-refractivity contribution in [2.45, 2.75) is 49.7 Å². The van der Waals surface area contributed by atoms with E-state index in [1.807, 2.05) is 24.3 Å². The number of benzene rings is 3. The SMILES string of the molecule is N#CC1CC2CNCC1N2c1nc(OCC23CCCN2CCC3)nc2c(F)c(-c3cc(O)cc4ccccc34)c(Cl)cc12. The second kappa shape index (κ2) is 10.2. The first-order valence-electron chi connectivity index (χ1n) is 15.1. The van der Waals surface area contributed by atoms with E-state index in [0.717, 1.165) is 49.5 Å². The van der Waals surface area contributed by atoms with Crippen molar-refractivity contribution < 1.29 is 14.2 Å². The van der Waals surface area contributed by atoms with E-state index < -0.39 is 5.82 Å². The second-order valence-electron chi connectivity index (χ2n) is 12.5. The summed E-state index contributed by atoms with van der Waals surface area (Å²) in [6, 6.07) is 15.0. The molecule has 0 radical (unpaired) electrons. The lowest BCUT2D eigenvalue weighted by Crippen LogP contribution is -2.53. The molecule has 0 amide bonds. The number of phenolic OH excluding ortho intramolecular Hbond substituents is 1. The number of hydrogen-bond donors (Lipinski definition) is 2.